The van der Waals surface area contributed by atoms with Gasteiger partial charge in [-0.15, -0.1) is 5.10 Å². The Morgan fingerprint density at radius 2 is 1.70 bits per heavy atom. The van der Waals surface area contributed by atoms with Gasteiger partial charge in [-0.2, -0.15) is 0 Å². The number of aromatic nitrogens is 3. The molecule has 1 aromatic heterocycles. The van der Waals surface area contributed by atoms with E-state index in [1.54, 1.807) is 0 Å². The van der Waals surface area contributed by atoms with Gasteiger partial charge in [0.05, 0.1) is 5.52 Å². The number of fused-ring (bicyclic) bond motifs is 2. The molecule has 114 valence electrons. The van der Waals surface area contributed by atoms with Crippen LogP contribution < -0.4 is 4.90 Å². The summed E-state index contributed by atoms with van der Waals surface area (Å²) in [4.78, 5) is 2.32. The molecular weight excluding hydrogens is 284 g/mol. The second-order valence-corrected chi connectivity index (χ2v) is 5.57. The molecule has 4 nitrogen and oxygen atoms in total. The lowest BCUT2D eigenvalue weighted by molar-refractivity contribution is 0.581. The average molecular weight is 302 g/mol. The van der Waals surface area contributed by atoms with E-state index in [-0.39, 0.29) is 0 Å². The molecule has 0 aliphatic heterocycles. The lowest BCUT2D eigenvalue weighted by Crippen LogP contribution is -2.26. The van der Waals surface area contributed by atoms with Crippen LogP contribution in [0.3, 0.4) is 0 Å². The third-order valence-electron chi connectivity index (χ3n) is 4.21. The van der Waals surface area contributed by atoms with E-state index in [1.165, 1.54) is 16.5 Å². The maximum Gasteiger partial charge on any atom is 0.114 e. The van der Waals surface area contributed by atoms with Crippen molar-refractivity contribution in [3.05, 3.63) is 66.7 Å². The van der Waals surface area contributed by atoms with Crippen molar-refractivity contribution in [2.75, 3.05) is 11.4 Å². The van der Waals surface area contributed by atoms with Gasteiger partial charge in [-0.05, 0) is 30.5 Å². The summed E-state index contributed by atoms with van der Waals surface area (Å²) >= 11 is 0. The second kappa shape index (κ2) is 5.72. The molecule has 23 heavy (non-hydrogen) atoms. The summed E-state index contributed by atoms with van der Waals surface area (Å²) in [7, 11) is 0. The molecule has 0 saturated carbocycles. The molecule has 3 aromatic carbocycles. The van der Waals surface area contributed by atoms with Crippen LogP contribution in [0.1, 0.15) is 6.92 Å². The van der Waals surface area contributed by atoms with E-state index in [4.69, 9.17) is 0 Å². The Balaban J connectivity index is 1.76. The van der Waals surface area contributed by atoms with Gasteiger partial charge in [0.2, 0.25) is 0 Å². The lowest BCUT2D eigenvalue weighted by Gasteiger charge is -2.24. The third-order valence-corrected chi connectivity index (χ3v) is 4.21. The summed E-state index contributed by atoms with van der Waals surface area (Å²) in [6.45, 7) is 3.76. The van der Waals surface area contributed by atoms with Crippen molar-refractivity contribution in [2.24, 2.45) is 0 Å². The van der Waals surface area contributed by atoms with Crippen LogP contribution in [-0.4, -0.2) is 21.5 Å². The molecule has 0 aliphatic carbocycles. The van der Waals surface area contributed by atoms with E-state index in [0.29, 0.717) is 6.67 Å². The quantitative estimate of drug-likeness (QED) is 0.570. The van der Waals surface area contributed by atoms with Gasteiger partial charge < -0.3 is 4.90 Å². The Bertz CT molecular complexity index is 952. The van der Waals surface area contributed by atoms with Crippen LogP contribution in [0, 0.1) is 0 Å². The zero-order chi connectivity index (χ0) is 15.6. The van der Waals surface area contributed by atoms with Crippen molar-refractivity contribution < 1.29 is 0 Å². The van der Waals surface area contributed by atoms with Gasteiger partial charge in [-0.1, -0.05) is 53.7 Å². The van der Waals surface area contributed by atoms with Crippen molar-refractivity contribution in [1.82, 2.24) is 15.0 Å². The maximum atomic E-state index is 4.31. The topological polar surface area (TPSA) is 34.0 Å². The Labute approximate surface area is 135 Å². The SMILES string of the molecule is CCN(Cn1nnc2ccccc21)c1cccc2ccccc12. The Hall–Kier alpha value is -2.88. The molecule has 0 atom stereocenters. The summed E-state index contributed by atoms with van der Waals surface area (Å²) in [6.07, 6.45) is 0. The Morgan fingerprint density at radius 1 is 0.913 bits per heavy atom. The van der Waals surface area contributed by atoms with Gasteiger partial charge in [0, 0.05) is 17.6 Å². The first-order chi connectivity index (χ1) is 11.4. The molecule has 1 heterocycles. The highest BCUT2D eigenvalue weighted by Gasteiger charge is 2.11. The van der Waals surface area contributed by atoms with Crippen LogP contribution in [0.5, 0.6) is 0 Å². The van der Waals surface area contributed by atoms with E-state index < -0.39 is 0 Å². The normalized spacial score (nSPS) is 11.2. The van der Waals surface area contributed by atoms with Gasteiger partial charge in [-0.25, -0.2) is 4.68 Å². The van der Waals surface area contributed by atoms with Gasteiger partial charge in [0.25, 0.3) is 0 Å². The molecule has 0 saturated heterocycles. The number of hydrogen-bond donors (Lipinski definition) is 0. The summed E-state index contributed by atoms with van der Waals surface area (Å²) in [5.41, 5.74) is 3.22. The Kier molecular flexibility index (Phi) is 3.42. The monoisotopic (exact) mass is 302 g/mol. The van der Waals surface area contributed by atoms with Gasteiger partial charge >= 0.3 is 0 Å². The zero-order valence-electron chi connectivity index (χ0n) is 13.1. The Morgan fingerprint density at radius 3 is 2.61 bits per heavy atom. The molecule has 4 rings (SSSR count). The van der Waals surface area contributed by atoms with E-state index in [0.717, 1.165) is 17.6 Å². The highest BCUT2D eigenvalue weighted by Crippen LogP contribution is 2.27. The number of hydrogen-bond acceptors (Lipinski definition) is 3. The summed E-state index contributed by atoms with van der Waals surface area (Å²) in [5, 5.41) is 11.1. The standard InChI is InChI=1S/C19H18N4/c1-2-22(14-23-19-12-6-5-11-17(19)20-21-23)18-13-7-9-15-8-3-4-10-16(15)18/h3-13H,2,14H2,1H3. The van der Waals surface area contributed by atoms with Crippen LogP contribution in [0.25, 0.3) is 21.8 Å². The molecule has 0 N–H and O–H groups in total. The molecule has 4 aromatic rings. The first-order valence-electron chi connectivity index (χ1n) is 7.88. The summed E-state index contributed by atoms with van der Waals surface area (Å²) in [6, 6.07) is 23.0. The molecule has 0 spiro atoms. The minimum atomic E-state index is 0.686. The molecular formula is C19H18N4. The van der Waals surface area contributed by atoms with Crippen LogP contribution >= 0.6 is 0 Å². The summed E-state index contributed by atoms with van der Waals surface area (Å²) in [5.74, 6) is 0. The van der Waals surface area contributed by atoms with E-state index in [9.17, 15) is 0 Å². The highest BCUT2D eigenvalue weighted by atomic mass is 15.5. The number of rotatable bonds is 4. The lowest BCUT2D eigenvalue weighted by atomic mass is 10.1. The number of nitrogens with zero attached hydrogens (tertiary/aromatic N) is 4. The van der Waals surface area contributed by atoms with Crippen molar-refractivity contribution in [3.63, 3.8) is 0 Å². The average Bonchev–Trinajstić information content (AvgIpc) is 3.02. The fourth-order valence-electron chi connectivity index (χ4n) is 3.01. The zero-order valence-corrected chi connectivity index (χ0v) is 13.1. The first kappa shape index (κ1) is 13.8. The third kappa shape index (κ3) is 2.42. The predicted molar refractivity (Wildman–Crippen MR) is 94.5 cm³/mol. The van der Waals surface area contributed by atoms with Crippen molar-refractivity contribution in [2.45, 2.75) is 13.6 Å². The van der Waals surface area contributed by atoms with E-state index in [2.05, 4.69) is 70.7 Å². The molecule has 0 amide bonds. The molecule has 0 bridgehead atoms. The fourth-order valence-corrected chi connectivity index (χ4v) is 3.01. The van der Waals surface area contributed by atoms with Crippen molar-refractivity contribution in [3.8, 4) is 0 Å². The second-order valence-electron chi connectivity index (χ2n) is 5.57. The number of para-hydroxylation sites is 1. The minimum absolute atomic E-state index is 0.686. The molecule has 0 aliphatic rings. The van der Waals surface area contributed by atoms with Crippen LogP contribution in [0.4, 0.5) is 5.69 Å². The number of benzene rings is 3. The maximum absolute atomic E-state index is 4.31. The first-order valence-corrected chi connectivity index (χ1v) is 7.88. The van der Waals surface area contributed by atoms with Crippen molar-refractivity contribution in [1.29, 1.82) is 0 Å². The molecule has 0 fully saturated rings. The van der Waals surface area contributed by atoms with E-state index >= 15 is 0 Å². The molecule has 0 unspecified atom stereocenters. The van der Waals surface area contributed by atoms with Crippen LogP contribution in [0.2, 0.25) is 0 Å². The van der Waals surface area contributed by atoms with Crippen molar-refractivity contribution >= 4 is 27.5 Å². The largest absolute Gasteiger partial charge is 0.352 e. The smallest absolute Gasteiger partial charge is 0.114 e. The highest BCUT2D eigenvalue weighted by molar-refractivity contribution is 5.94. The fraction of sp³-hybridized carbons (Fsp3) is 0.158. The van der Waals surface area contributed by atoms with Gasteiger partial charge in [0.15, 0.2) is 0 Å². The van der Waals surface area contributed by atoms with Crippen LogP contribution in [0.15, 0.2) is 66.7 Å². The molecule has 0 radical (unpaired) electrons. The van der Waals surface area contributed by atoms with Gasteiger partial charge in [-0.3, -0.25) is 0 Å². The van der Waals surface area contributed by atoms with Crippen LogP contribution in [-0.2, 0) is 6.67 Å². The molecule has 4 heteroatoms. The minimum Gasteiger partial charge on any atom is -0.352 e. The van der Waals surface area contributed by atoms with Gasteiger partial charge in [0.1, 0.15) is 12.2 Å². The number of anilines is 1. The van der Waals surface area contributed by atoms with E-state index in [1.807, 2.05) is 22.9 Å². The predicted octanol–water partition coefficient (Wildman–Crippen LogP) is 4.07. The summed E-state index contributed by atoms with van der Waals surface area (Å²) < 4.78 is 1.96.